The van der Waals surface area contributed by atoms with Crippen molar-refractivity contribution >= 4 is 11.7 Å². The Labute approximate surface area is 173 Å². The number of benzene rings is 1. The molecule has 1 aromatic carbocycles. The molecule has 0 radical (unpaired) electrons. The van der Waals surface area contributed by atoms with E-state index >= 15 is 0 Å². The number of aliphatic hydroxyl groups excluding tert-OH is 1. The fourth-order valence-corrected chi connectivity index (χ4v) is 3.81. The number of aromatic hydroxyl groups is 1. The van der Waals surface area contributed by atoms with Crippen LogP contribution < -0.4 is 0 Å². The normalized spacial score (nSPS) is 16.9. The van der Waals surface area contributed by atoms with Crippen LogP contribution in [0, 0.1) is 0 Å². The number of amides is 1. The van der Waals surface area contributed by atoms with Crippen LogP contribution >= 0.6 is 0 Å². The number of nitrogens with zero attached hydrogens (tertiary/aromatic N) is 2. The van der Waals surface area contributed by atoms with Crippen LogP contribution in [0.5, 0.6) is 5.75 Å². The average Bonchev–Trinajstić information content (AvgIpc) is 2.95. The summed E-state index contributed by atoms with van der Waals surface area (Å²) in [6, 6.07) is 5.83. The van der Waals surface area contributed by atoms with Gasteiger partial charge in [-0.25, -0.2) is 0 Å². The van der Waals surface area contributed by atoms with Crippen LogP contribution in [0.25, 0.3) is 0 Å². The minimum Gasteiger partial charge on any atom is -0.508 e. The Balaban J connectivity index is 2.13. The molecule has 1 aromatic rings. The number of carbonyl (C=O) groups is 2. The lowest BCUT2D eigenvalue weighted by molar-refractivity contribution is -0.129. The highest BCUT2D eigenvalue weighted by molar-refractivity contribution is 6.08. The van der Waals surface area contributed by atoms with Crippen molar-refractivity contribution in [3.8, 4) is 5.75 Å². The van der Waals surface area contributed by atoms with Crippen molar-refractivity contribution in [2.75, 3.05) is 26.2 Å². The van der Waals surface area contributed by atoms with Crippen molar-refractivity contribution in [1.82, 2.24) is 9.80 Å². The lowest BCUT2D eigenvalue weighted by Gasteiger charge is -2.28. The van der Waals surface area contributed by atoms with Gasteiger partial charge in [-0.1, -0.05) is 38.8 Å². The molecule has 6 heteroatoms. The first-order valence-electron chi connectivity index (χ1n) is 10.7. The Hall–Kier alpha value is -2.34. The summed E-state index contributed by atoms with van der Waals surface area (Å²) >= 11 is 0. The van der Waals surface area contributed by atoms with Gasteiger partial charge in [0.15, 0.2) is 11.5 Å². The summed E-state index contributed by atoms with van der Waals surface area (Å²) in [6.45, 7) is 9.17. The van der Waals surface area contributed by atoms with E-state index in [4.69, 9.17) is 0 Å². The van der Waals surface area contributed by atoms with Crippen molar-refractivity contribution in [2.24, 2.45) is 0 Å². The molecular weight excluding hydrogens is 368 g/mol. The molecule has 0 aromatic heterocycles. The van der Waals surface area contributed by atoms with E-state index in [-0.39, 0.29) is 17.1 Å². The fraction of sp³-hybridized carbons (Fsp3) is 0.565. The molecule has 1 aliphatic rings. The van der Waals surface area contributed by atoms with Crippen molar-refractivity contribution in [2.45, 2.75) is 58.9 Å². The Morgan fingerprint density at radius 1 is 1.00 bits per heavy atom. The molecule has 2 rings (SSSR count). The number of hydrogen-bond donors (Lipinski definition) is 2. The van der Waals surface area contributed by atoms with Crippen LogP contribution in [-0.2, 0) is 9.59 Å². The molecule has 2 N–H and O–H groups in total. The lowest BCUT2D eigenvalue weighted by Crippen LogP contribution is -2.35. The second kappa shape index (κ2) is 11.0. The van der Waals surface area contributed by atoms with Gasteiger partial charge in [0.2, 0.25) is 0 Å². The van der Waals surface area contributed by atoms with Gasteiger partial charge < -0.3 is 20.0 Å². The van der Waals surface area contributed by atoms with Crippen LogP contribution in [0.15, 0.2) is 35.6 Å². The number of carbonyl (C=O) groups excluding carboxylic acids is 2. The van der Waals surface area contributed by atoms with Gasteiger partial charge in [0.1, 0.15) is 5.75 Å². The minimum absolute atomic E-state index is 0.115. The highest BCUT2D eigenvalue weighted by atomic mass is 16.3. The molecule has 1 atom stereocenters. The predicted octanol–water partition coefficient (Wildman–Crippen LogP) is 3.97. The summed E-state index contributed by atoms with van der Waals surface area (Å²) in [6.07, 6.45) is 5.37. The molecule has 0 aliphatic carbocycles. The number of phenols is 1. The second-order valence-corrected chi connectivity index (χ2v) is 7.71. The summed E-state index contributed by atoms with van der Waals surface area (Å²) < 4.78 is 0. The molecule has 1 aliphatic heterocycles. The maximum atomic E-state index is 12.7. The van der Waals surface area contributed by atoms with Gasteiger partial charge in [-0.2, -0.15) is 0 Å². The Morgan fingerprint density at radius 3 is 2.07 bits per heavy atom. The van der Waals surface area contributed by atoms with Crippen LogP contribution in [-0.4, -0.2) is 57.9 Å². The molecule has 160 valence electrons. The van der Waals surface area contributed by atoms with Crippen LogP contribution in [0.4, 0.5) is 0 Å². The van der Waals surface area contributed by atoms with E-state index in [2.05, 4.69) is 18.7 Å². The molecule has 0 saturated carbocycles. The number of hydrogen-bond acceptors (Lipinski definition) is 5. The van der Waals surface area contributed by atoms with Gasteiger partial charge in [0.25, 0.3) is 5.91 Å². The first-order chi connectivity index (χ1) is 13.9. The molecule has 6 nitrogen and oxygen atoms in total. The molecular formula is C23H34N2O4. The SMILES string of the molecule is CCCCN(CCCC)CCCN1C(=O)C(O)=C(C(C)=O)[C@@H]1c1ccc(O)cc1. The number of rotatable bonds is 12. The second-order valence-electron chi connectivity index (χ2n) is 7.71. The number of Topliss-reactive ketones (excluding diaryl/α,β-unsaturated/α-hetero) is 1. The Kier molecular flexibility index (Phi) is 8.70. The maximum Gasteiger partial charge on any atom is 0.290 e. The quantitative estimate of drug-likeness (QED) is 0.553. The van der Waals surface area contributed by atoms with Crippen LogP contribution in [0.2, 0.25) is 0 Å². The van der Waals surface area contributed by atoms with E-state index in [1.807, 2.05) is 0 Å². The van der Waals surface area contributed by atoms with Gasteiger partial charge >= 0.3 is 0 Å². The Bertz CT molecular complexity index is 719. The summed E-state index contributed by atoms with van der Waals surface area (Å²) in [7, 11) is 0. The highest BCUT2D eigenvalue weighted by Gasteiger charge is 2.41. The van der Waals surface area contributed by atoms with Crippen molar-refractivity contribution in [3.05, 3.63) is 41.2 Å². The first kappa shape index (κ1) is 22.9. The van der Waals surface area contributed by atoms with Crippen molar-refractivity contribution < 1.29 is 19.8 Å². The van der Waals surface area contributed by atoms with E-state index in [0.717, 1.165) is 51.7 Å². The molecule has 1 heterocycles. The zero-order chi connectivity index (χ0) is 21.4. The smallest absolute Gasteiger partial charge is 0.290 e. The van der Waals surface area contributed by atoms with E-state index < -0.39 is 17.7 Å². The van der Waals surface area contributed by atoms with Crippen molar-refractivity contribution in [3.63, 3.8) is 0 Å². The summed E-state index contributed by atoms with van der Waals surface area (Å²) in [5.41, 5.74) is 0.841. The van der Waals surface area contributed by atoms with E-state index in [1.54, 1.807) is 17.0 Å². The molecule has 0 unspecified atom stereocenters. The topological polar surface area (TPSA) is 81.1 Å². The molecule has 0 spiro atoms. The molecule has 0 bridgehead atoms. The largest absolute Gasteiger partial charge is 0.508 e. The van der Waals surface area contributed by atoms with Crippen molar-refractivity contribution in [1.29, 1.82) is 0 Å². The standard InChI is InChI=1S/C23H34N2O4/c1-4-6-13-24(14-7-5-2)15-8-16-25-21(18-9-11-19(27)12-10-18)20(17(3)26)22(28)23(25)29/h9-12,21,27-28H,4-8,13-16H2,1-3H3/t21-/m0/s1. The summed E-state index contributed by atoms with van der Waals surface area (Å²) in [4.78, 5) is 28.9. The molecule has 0 fully saturated rings. The number of phenolic OH excluding ortho intramolecular Hbond substituents is 1. The third-order valence-corrected chi connectivity index (χ3v) is 5.42. The summed E-state index contributed by atoms with van der Waals surface area (Å²) in [5.74, 6) is -1.15. The molecule has 0 saturated heterocycles. The third kappa shape index (κ3) is 5.82. The minimum atomic E-state index is -0.611. The lowest BCUT2D eigenvalue weighted by atomic mass is 9.96. The number of aliphatic hydroxyl groups is 1. The molecule has 29 heavy (non-hydrogen) atoms. The molecule has 1 amide bonds. The monoisotopic (exact) mass is 402 g/mol. The van der Waals surface area contributed by atoms with Crippen LogP contribution in [0.3, 0.4) is 0 Å². The zero-order valence-electron chi connectivity index (χ0n) is 17.9. The third-order valence-electron chi connectivity index (χ3n) is 5.42. The van der Waals surface area contributed by atoms with Crippen LogP contribution in [0.1, 0.15) is 64.5 Å². The predicted molar refractivity (Wildman–Crippen MR) is 114 cm³/mol. The van der Waals surface area contributed by atoms with Gasteiger partial charge in [-0.15, -0.1) is 0 Å². The number of unbranched alkanes of at least 4 members (excludes halogenated alkanes) is 2. The number of ketones is 1. The van der Waals surface area contributed by atoms with Gasteiger partial charge in [-0.05, 0) is 63.5 Å². The van der Waals surface area contributed by atoms with Gasteiger partial charge in [-0.3, -0.25) is 9.59 Å². The van der Waals surface area contributed by atoms with E-state index in [0.29, 0.717) is 12.1 Å². The Morgan fingerprint density at radius 2 is 1.55 bits per heavy atom. The van der Waals surface area contributed by atoms with Gasteiger partial charge in [0.05, 0.1) is 11.6 Å². The van der Waals surface area contributed by atoms with E-state index in [1.165, 1.54) is 19.1 Å². The fourth-order valence-electron chi connectivity index (χ4n) is 3.81. The maximum absolute atomic E-state index is 12.7. The van der Waals surface area contributed by atoms with E-state index in [9.17, 15) is 19.8 Å². The first-order valence-corrected chi connectivity index (χ1v) is 10.7. The summed E-state index contributed by atoms with van der Waals surface area (Å²) in [5, 5.41) is 19.9. The highest BCUT2D eigenvalue weighted by Crippen LogP contribution is 2.38. The zero-order valence-corrected chi connectivity index (χ0v) is 17.9. The van der Waals surface area contributed by atoms with Gasteiger partial charge in [0, 0.05) is 6.54 Å². The average molecular weight is 403 g/mol.